The zero-order chi connectivity index (χ0) is 20.1. The number of ether oxygens (including phenoxy) is 2. The van der Waals surface area contributed by atoms with E-state index >= 15 is 0 Å². The fourth-order valence-corrected chi connectivity index (χ4v) is 6.36. The van der Waals surface area contributed by atoms with Crippen LogP contribution < -0.4 is 4.74 Å². The number of fused-ring (bicyclic) bond motifs is 5. The van der Waals surface area contributed by atoms with Crippen molar-refractivity contribution in [2.75, 3.05) is 7.11 Å². The predicted molar refractivity (Wildman–Crippen MR) is 119 cm³/mol. The van der Waals surface area contributed by atoms with Crippen LogP contribution in [0, 0.1) is 0 Å². The Balaban J connectivity index is 1.48. The highest BCUT2D eigenvalue weighted by Crippen LogP contribution is 2.57. The molecule has 5 rings (SSSR count). The third kappa shape index (κ3) is 3.20. The summed E-state index contributed by atoms with van der Waals surface area (Å²) in [6.45, 7) is 4.32. The van der Waals surface area contributed by atoms with Crippen LogP contribution in [0.1, 0.15) is 25.0 Å². The van der Waals surface area contributed by atoms with Crippen molar-refractivity contribution in [2.24, 2.45) is 0 Å². The maximum Gasteiger partial charge on any atom is 0.118 e. The molecular formula is C25H22O2S2. The van der Waals surface area contributed by atoms with Crippen LogP contribution in [-0.2, 0) is 15.9 Å². The zero-order valence-corrected chi connectivity index (χ0v) is 18.3. The van der Waals surface area contributed by atoms with Gasteiger partial charge in [0.2, 0.25) is 0 Å². The van der Waals surface area contributed by atoms with E-state index in [2.05, 4.69) is 80.6 Å². The Hall–Kier alpha value is -2.14. The molecular weight excluding hydrogens is 396 g/mol. The highest BCUT2D eigenvalue weighted by Gasteiger charge is 2.51. The molecule has 3 aromatic carbocycles. The Morgan fingerprint density at radius 2 is 1.38 bits per heavy atom. The van der Waals surface area contributed by atoms with E-state index in [-0.39, 0.29) is 11.2 Å². The number of hydrogen-bond acceptors (Lipinski definition) is 4. The molecule has 2 atom stereocenters. The molecule has 0 N–H and O–H groups in total. The van der Waals surface area contributed by atoms with E-state index < -0.39 is 0 Å². The summed E-state index contributed by atoms with van der Waals surface area (Å²) >= 11 is 3.60. The van der Waals surface area contributed by atoms with Crippen molar-refractivity contribution in [3.05, 3.63) is 90.0 Å². The van der Waals surface area contributed by atoms with Crippen LogP contribution >= 0.6 is 23.5 Å². The zero-order valence-electron chi connectivity index (χ0n) is 16.6. The summed E-state index contributed by atoms with van der Waals surface area (Å²) in [5, 5.41) is 0. The van der Waals surface area contributed by atoms with E-state index in [4.69, 9.17) is 9.47 Å². The van der Waals surface area contributed by atoms with Gasteiger partial charge in [-0.2, -0.15) is 0 Å². The van der Waals surface area contributed by atoms with E-state index in [1.165, 1.54) is 30.7 Å². The van der Waals surface area contributed by atoms with Crippen molar-refractivity contribution in [1.82, 2.24) is 0 Å². The van der Waals surface area contributed by atoms with E-state index in [1.54, 1.807) is 18.9 Å². The fourth-order valence-electron chi connectivity index (χ4n) is 4.16. The monoisotopic (exact) mass is 418 g/mol. The third-order valence-corrected chi connectivity index (χ3v) is 7.91. The molecule has 0 fully saturated rings. The summed E-state index contributed by atoms with van der Waals surface area (Å²) in [7, 11) is 1.69. The van der Waals surface area contributed by atoms with Gasteiger partial charge in [-0.15, -0.1) is 0 Å². The van der Waals surface area contributed by atoms with Crippen LogP contribution in [0.5, 0.6) is 5.75 Å². The summed E-state index contributed by atoms with van der Waals surface area (Å²) in [6, 6.07) is 23.4. The number of hydrogen-bond donors (Lipinski definition) is 0. The first-order valence-electron chi connectivity index (χ1n) is 9.64. The molecule has 0 radical (unpaired) electrons. The SMILES string of the molecule is COc1ccc(Sc2ccccc2Sc2cccc3c2[C@]2(C)C=C[C@@]3(C)O2)cc1. The predicted octanol–water partition coefficient (Wildman–Crippen LogP) is 7.03. The van der Waals surface area contributed by atoms with Gasteiger partial charge in [-0.05, 0) is 74.0 Å². The normalized spacial score (nSPS) is 24.0. The van der Waals surface area contributed by atoms with Crippen molar-refractivity contribution in [3.8, 4) is 5.75 Å². The Kier molecular flexibility index (Phi) is 4.54. The lowest BCUT2D eigenvalue weighted by Gasteiger charge is -2.22. The van der Waals surface area contributed by atoms with Gasteiger partial charge in [-0.1, -0.05) is 47.8 Å². The lowest BCUT2D eigenvalue weighted by Crippen LogP contribution is -2.17. The quantitative estimate of drug-likeness (QED) is 0.414. The molecule has 2 heterocycles. The highest BCUT2D eigenvalue weighted by molar-refractivity contribution is 8.02. The van der Waals surface area contributed by atoms with Crippen LogP contribution in [0.4, 0.5) is 0 Å². The topological polar surface area (TPSA) is 18.5 Å². The lowest BCUT2D eigenvalue weighted by molar-refractivity contribution is -0.0502. The van der Waals surface area contributed by atoms with Gasteiger partial charge in [-0.3, -0.25) is 0 Å². The van der Waals surface area contributed by atoms with Gasteiger partial charge in [-0.25, -0.2) is 0 Å². The molecule has 0 spiro atoms. The molecule has 2 nitrogen and oxygen atoms in total. The molecule has 0 aliphatic carbocycles. The molecule has 0 saturated carbocycles. The van der Waals surface area contributed by atoms with Crippen LogP contribution in [0.15, 0.2) is 98.5 Å². The van der Waals surface area contributed by atoms with Crippen molar-refractivity contribution >= 4 is 23.5 Å². The van der Waals surface area contributed by atoms with Gasteiger partial charge in [0.15, 0.2) is 0 Å². The summed E-state index contributed by atoms with van der Waals surface area (Å²) in [5.74, 6) is 0.877. The molecule has 0 amide bonds. The molecule has 3 aromatic rings. The largest absolute Gasteiger partial charge is 0.497 e. The maximum absolute atomic E-state index is 6.40. The minimum Gasteiger partial charge on any atom is -0.497 e. The molecule has 2 bridgehead atoms. The first kappa shape index (κ1) is 18.9. The first-order chi connectivity index (χ1) is 14.0. The second kappa shape index (κ2) is 6.98. The standard InChI is InChI=1S/C25H22O2S2/c1-24-15-16-25(2,27-24)23-19(24)7-6-10-22(23)29-21-9-5-4-8-20(21)28-18-13-11-17(26-3)12-14-18/h4-16H,1-3H3/t24-,25+/m1/s1. The van der Waals surface area contributed by atoms with Crippen molar-refractivity contribution in [2.45, 2.75) is 44.6 Å². The second-order valence-corrected chi connectivity index (χ2v) is 9.85. The van der Waals surface area contributed by atoms with Crippen LogP contribution in [0.25, 0.3) is 0 Å². The Morgan fingerprint density at radius 3 is 2.10 bits per heavy atom. The fraction of sp³-hybridized carbons (Fsp3) is 0.200. The van der Waals surface area contributed by atoms with E-state index in [1.807, 2.05) is 23.9 Å². The smallest absolute Gasteiger partial charge is 0.118 e. The first-order valence-corrected chi connectivity index (χ1v) is 11.3. The maximum atomic E-state index is 6.40. The molecule has 29 heavy (non-hydrogen) atoms. The third-order valence-electron chi connectivity index (χ3n) is 5.56. The Morgan fingerprint density at radius 1 is 0.724 bits per heavy atom. The number of methoxy groups -OCH3 is 1. The van der Waals surface area contributed by atoms with Crippen LogP contribution in [0.2, 0.25) is 0 Å². The van der Waals surface area contributed by atoms with Gasteiger partial charge in [0.05, 0.1) is 7.11 Å². The summed E-state index contributed by atoms with van der Waals surface area (Å²) in [5.41, 5.74) is 1.94. The van der Waals surface area contributed by atoms with Crippen molar-refractivity contribution in [3.63, 3.8) is 0 Å². The van der Waals surface area contributed by atoms with Gasteiger partial charge in [0.1, 0.15) is 17.0 Å². The molecule has 0 unspecified atom stereocenters. The van der Waals surface area contributed by atoms with Gasteiger partial charge in [0.25, 0.3) is 0 Å². The van der Waals surface area contributed by atoms with Crippen molar-refractivity contribution < 1.29 is 9.47 Å². The van der Waals surface area contributed by atoms with E-state index in [9.17, 15) is 0 Å². The summed E-state index contributed by atoms with van der Waals surface area (Å²) in [4.78, 5) is 4.96. The molecule has 2 aliphatic rings. The molecule has 2 aliphatic heterocycles. The van der Waals surface area contributed by atoms with Crippen LogP contribution in [0.3, 0.4) is 0 Å². The van der Waals surface area contributed by atoms with Gasteiger partial charge >= 0.3 is 0 Å². The minimum atomic E-state index is -0.342. The highest BCUT2D eigenvalue weighted by atomic mass is 32.2. The van der Waals surface area contributed by atoms with Gasteiger partial charge in [0, 0.05) is 25.1 Å². The average molecular weight is 419 g/mol. The molecule has 4 heteroatoms. The summed E-state index contributed by atoms with van der Waals surface area (Å²) in [6.07, 6.45) is 4.40. The van der Waals surface area contributed by atoms with Gasteiger partial charge < -0.3 is 9.47 Å². The van der Waals surface area contributed by atoms with Crippen LogP contribution in [-0.4, -0.2) is 7.11 Å². The molecule has 0 saturated heterocycles. The average Bonchev–Trinajstić information content (AvgIpc) is 3.18. The molecule has 0 aromatic heterocycles. The second-order valence-electron chi connectivity index (χ2n) is 7.65. The summed E-state index contributed by atoms with van der Waals surface area (Å²) < 4.78 is 11.7. The number of rotatable bonds is 5. The Bertz CT molecular complexity index is 1110. The lowest BCUT2D eigenvalue weighted by atomic mass is 9.83. The number of benzene rings is 3. The minimum absolute atomic E-state index is 0.308. The van der Waals surface area contributed by atoms with Crippen molar-refractivity contribution in [1.29, 1.82) is 0 Å². The van der Waals surface area contributed by atoms with E-state index in [0.717, 1.165) is 5.75 Å². The van der Waals surface area contributed by atoms with E-state index in [0.29, 0.717) is 0 Å². The molecule has 146 valence electrons. The Labute approximate surface area is 180 Å².